The quantitative estimate of drug-likeness (QED) is 0.532. The average molecular weight is 435 g/mol. The molecule has 1 heterocycles. The van der Waals surface area contributed by atoms with Gasteiger partial charge in [-0.15, -0.1) is 0 Å². The maximum absolute atomic E-state index is 12.6. The highest BCUT2D eigenvalue weighted by molar-refractivity contribution is 7.90. The molecule has 0 saturated carbocycles. The lowest BCUT2D eigenvalue weighted by atomic mass is 10.2. The van der Waals surface area contributed by atoms with E-state index < -0.39 is 22.4 Å². The monoisotopic (exact) mass is 435 g/mol. The molecule has 0 fully saturated rings. The number of amides is 1. The summed E-state index contributed by atoms with van der Waals surface area (Å²) < 4.78 is 59.0. The topological polar surface area (TPSA) is 76.8 Å². The van der Waals surface area contributed by atoms with Gasteiger partial charge in [0.2, 0.25) is 0 Å². The first-order valence-electron chi connectivity index (χ1n) is 8.90. The predicted molar refractivity (Wildman–Crippen MR) is 105 cm³/mol. The third-order valence-corrected chi connectivity index (χ3v) is 5.88. The fraction of sp³-hybridized carbons (Fsp3) is 0.190. The number of furan rings is 1. The van der Waals surface area contributed by atoms with Crippen molar-refractivity contribution in [3.05, 3.63) is 83.8 Å². The van der Waals surface area contributed by atoms with E-state index in [1.165, 1.54) is 41.3 Å². The number of carbonyl (C=O) groups is 1. The molecule has 2 aromatic carbocycles. The molecule has 158 valence electrons. The van der Waals surface area contributed by atoms with Gasteiger partial charge in [-0.1, -0.05) is 30.3 Å². The van der Waals surface area contributed by atoms with Gasteiger partial charge in [-0.05, 0) is 42.0 Å². The molecule has 0 aliphatic rings. The zero-order chi connectivity index (χ0) is 21.7. The summed E-state index contributed by atoms with van der Waals surface area (Å²) in [4.78, 5) is 14.1. The van der Waals surface area contributed by atoms with Crippen LogP contribution in [0.4, 0.5) is 8.78 Å². The van der Waals surface area contributed by atoms with Crippen molar-refractivity contribution in [3.8, 4) is 5.75 Å². The van der Waals surface area contributed by atoms with Crippen molar-refractivity contribution >= 4 is 15.7 Å². The van der Waals surface area contributed by atoms with Gasteiger partial charge in [0.15, 0.2) is 15.6 Å². The zero-order valence-corrected chi connectivity index (χ0v) is 16.8. The summed E-state index contributed by atoms with van der Waals surface area (Å²) in [6.45, 7) is -2.70. The van der Waals surface area contributed by atoms with Gasteiger partial charge in [-0.2, -0.15) is 8.78 Å². The Morgan fingerprint density at radius 2 is 1.70 bits per heavy atom. The van der Waals surface area contributed by atoms with Gasteiger partial charge < -0.3 is 14.1 Å². The Bertz CT molecular complexity index is 1100. The van der Waals surface area contributed by atoms with Crippen LogP contribution < -0.4 is 4.74 Å². The minimum absolute atomic E-state index is 0.00779. The molecule has 0 radical (unpaired) electrons. The molecule has 0 bridgehead atoms. The Kier molecular flexibility index (Phi) is 6.51. The third-order valence-electron chi connectivity index (χ3n) is 4.22. The van der Waals surface area contributed by atoms with E-state index in [0.29, 0.717) is 5.56 Å². The molecule has 6 nitrogen and oxygen atoms in total. The fourth-order valence-electron chi connectivity index (χ4n) is 2.78. The Morgan fingerprint density at radius 3 is 2.33 bits per heavy atom. The van der Waals surface area contributed by atoms with Crippen molar-refractivity contribution in [3.63, 3.8) is 0 Å². The van der Waals surface area contributed by atoms with Crippen LogP contribution >= 0.6 is 0 Å². The first-order chi connectivity index (χ1) is 14.2. The van der Waals surface area contributed by atoms with Crippen molar-refractivity contribution in [2.75, 3.05) is 7.05 Å². The van der Waals surface area contributed by atoms with Crippen LogP contribution in [0, 0.1) is 0 Å². The first kappa shape index (κ1) is 21.5. The van der Waals surface area contributed by atoms with E-state index >= 15 is 0 Å². The third kappa shape index (κ3) is 5.44. The molecule has 1 amide bonds. The smallest absolute Gasteiger partial charge is 0.387 e. The molecule has 0 saturated heterocycles. The highest BCUT2D eigenvalue weighted by Gasteiger charge is 2.21. The molecule has 3 aromatic rings. The van der Waals surface area contributed by atoms with Crippen molar-refractivity contribution in [1.82, 2.24) is 4.90 Å². The van der Waals surface area contributed by atoms with Crippen molar-refractivity contribution in [1.29, 1.82) is 0 Å². The van der Waals surface area contributed by atoms with Gasteiger partial charge in [0.25, 0.3) is 5.91 Å². The first-order valence-corrected chi connectivity index (χ1v) is 10.6. The zero-order valence-electron chi connectivity index (χ0n) is 16.0. The number of ether oxygens (including phenoxy) is 1. The van der Waals surface area contributed by atoms with E-state index in [1.54, 1.807) is 37.4 Å². The second-order valence-electron chi connectivity index (χ2n) is 6.52. The lowest BCUT2D eigenvalue weighted by Crippen LogP contribution is -2.25. The van der Waals surface area contributed by atoms with Gasteiger partial charge in [-0.3, -0.25) is 4.79 Å². The molecular weight excluding hydrogens is 416 g/mol. The molecule has 0 spiro atoms. The predicted octanol–water partition coefficient (Wildman–Crippen LogP) is 4.13. The molecule has 30 heavy (non-hydrogen) atoms. The summed E-state index contributed by atoms with van der Waals surface area (Å²) in [6.07, 6.45) is 0. The second-order valence-corrected chi connectivity index (χ2v) is 8.51. The molecule has 0 aliphatic heterocycles. The number of rotatable bonds is 8. The molecular formula is C21H19F2NO5S. The molecule has 0 unspecified atom stereocenters. The number of carbonyl (C=O) groups excluding carboxylic acids is 1. The van der Waals surface area contributed by atoms with E-state index in [-0.39, 0.29) is 34.5 Å². The lowest BCUT2D eigenvalue weighted by molar-refractivity contribution is -0.0498. The largest absolute Gasteiger partial charge is 0.455 e. The number of halogens is 2. The minimum Gasteiger partial charge on any atom is -0.455 e. The minimum atomic E-state index is -3.59. The fourth-order valence-corrected chi connectivity index (χ4v) is 4.05. The molecule has 0 atom stereocenters. The number of benzene rings is 2. The second kappa shape index (κ2) is 9.08. The number of hydrogen-bond acceptors (Lipinski definition) is 5. The summed E-state index contributed by atoms with van der Waals surface area (Å²) >= 11 is 0. The summed E-state index contributed by atoms with van der Waals surface area (Å²) in [6, 6.07) is 16.8. The average Bonchev–Trinajstić information content (AvgIpc) is 3.17. The van der Waals surface area contributed by atoms with Crippen LogP contribution in [-0.2, 0) is 22.1 Å². The standard InChI is InChI=1S/C21H19F2NO5S/c1-24(13-15-7-9-16(10-8-15)29-21(22)23)20(25)19-12-11-17(28-19)14-30(26,27)18-5-3-2-4-6-18/h2-12,21H,13-14H2,1H3. The lowest BCUT2D eigenvalue weighted by Gasteiger charge is -2.16. The van der Waals surface area contributed by atoms with Gasteiger partial charge in [0, 0.05) is 13.6 Å². The van der Waals surface area contributed by atoms with Crippen LogP contribution in [0.1, 0.15) is 21.9 Å². The van der Waals surface area contributed by atoms with Crippen molar-refractivity contribution in [2.24, 2.45) is 0 Å². The number of sulfone groups is 1. The van der Waals surface area contributed by atoms with Gasteiger partial charge >= 0.3 is 6.61 Å². The van der Waals surface area contributed by atoms with Crippen LogP contribution in [0.3, 0.4) is 0 Å². The van der Waals surface area contributed by atoms with E-state index in [4.69, 9.17) is 4.42 Å². The van der Waals surface area contributed by atoms with Crippen LogP contribution in [0.2, 0.25) is 0 Å². The van der Waals surface area contributed by atoms with Gasteiger partial charge in [0.05, 0.1) is 4.90 Å². The Hall–Kier alpha value is -3.20. The summed E-state index contributed by atoms with van der Waals surface area (Å²) in [5, 5.41) is 0. The Labute approximate surface area is 172 Å². The van der Waals surface area contributed by atoms with E-state index in [2.05, 4.69) is 4.74 Å². The van der Waals surface area contributed by atoms with E-state index in [9.17, 15) is 22.0 Å². The highest BCUT2D eigenvalue weighted by Crippen LogP contribution is 2.20. The normalized spacial score (nSPS) is 11.5. The van der Waals surface area contributed by atoms with E-state index in [1.807, 2.05) is 0 Å². The van der Waals surface area contributed by atoms with Gasteiger partial charge in [0.1, 0.15) is 17.3 Å². The van der Waals surface area contributed by atoms with Crippen LogP contribution in [0.5, 0.6) is 5.75 Å². The molecule has 0 aliphatic carbocycles. The Morgan fingerprint density at radius 1 is 1.03 bits per heavy atom. The Balaban J connectivity index is 1.64. The van der Waals surface area contributed by atoms with Gasteiger partial charge in [-0.25, -0.2) is 8.42 Å². The summed E-state index contributed by atoms with van der Waals surface area (Å²) in [7, 11) is -2.04. The van der Waals surface area contributed by atoms with Crippen LogP contribution in [0.25, 0.3) is 0 Å². The van der Waals surface area contributed by atoms with Crippen molar-refractivity contribution in [2.45, 2.75) is 23.8 Å². The number of hydrogen-bond donors (Lipinski definition) is 0. The molecule has 1 aromatic heterocycles. The van der Waals surface area contributed by atoms with Crippen LogP contribution in [-0.4, -0.2) is 32.9 Å². The van der Waals surface area contributed by atoms with E-state index in [0.717, 1.165) is 0 Å². The number of alkyl halides is 2. The summed E-state index contributed by atoms with van der Waals surface area (Å²) in [5.74, 6) is -0.610. The molecule has 3 rings (SSSR count). The molecule has 0 N–H and O–H groups in total. The SMILES string of the molecule is CN(Cc1ccc(OC(F)F)cc1)C(=O)c1ccc(CS(=O)(=O)c2ccccc2)o1. The summed E-state index contributed by atoms with van der Waals surface area (Å²) in [5.41, 5.74) is 0.700. The maximum Gasteiger partial charge on any atom is 0.387 e. The van der Waals surface area contributed by atoms with Crippen molar-refractivity contribution < 1.29 is 31.1 Å². The number of nitrogens with zero attached hydrogens (tertiary/aromatic N) is 1. The maximum atomic E-state index is 12.6. The highest BCUT2D eigenvalue weighted by atomic mass is 32.2. The molecule has 9 heteroatoms. The van der Waals surface area contributed by atoms with Crippen LogP contribution in [0.15, 0.2) is 76.0 Å².